The summed E-state index contributed by atoms with van der Waals surface area (Å²) in [5.74, 6) is 0.669. The Hall–Kier alpha value is -2.25. The third kappa shape index (κ3) is 7.34. The Morgan fingerprint density at radius 2 is 1.54 bits per heavy atom. The van der Waals surface area contributed by atoms with E-state index in [1.165, 1.54) is 24.3 Å². The molecule has 0 radical (unpaired) electrons. The fourth-order valence-corrected chi connectivity index (χ4v) is 1.80. The topological polar surface area (TPSA) is 70.5 Å². The van der Waals surface area contributed by atoms with Crippen molar-refractivity contribution in [1.82, 2.24) is 0 Å². The van der Waals surface area contributed by atoms with E-state index in [2.05, 4.69) is 4.74 Å². The van der Waals surface area contributed by atoms with E-state index in [-0.39, 0.29) is 5.75 Å². The molecule has 0 aromatic heterocycles. The number of hydrogen-bond donors (Lipinski definition) is 2. The normalized spacial score (nSPS) is 10.6. The molecule has 7 heteroatoms. The van der Waals surface area contributed by atoms with Gasteiger partial charge < -0.3 is 20.9 Å². The van der Waals surface area contributed by atoms with Gasteiger partial charge in [-0.25, -0.2) is 0 Å². The van der Waals surface area contributed by atoms with Crippen molar-refractivity contribution >= 4 is 0 Å². The van der Waals surface area contributed by atoms with Gasteiger partial charge in [0.25, 0.3) is 0 Å². The lowest BCUT2D eigenvalue weighted by atomic mass is 10.2. The van der Waals surface area contributed by atoms with Gasteiger partial charge in [-0.05, 0) is 30.7 Å². The maximum atomic E-state index is 11.7. The molecule has 2 rings (SSSR count). The van der Waals surface area contributed by atoms with E-state index < -0.39 is 6.36 Å². The van der Waals surface area contributed by atoms with Gasteiger partial charge >= 0.3 is 6.36 Å². The van der Waals surface area contributed by atoms with Crippen LogP contribution in [-0.2, 0) is 13.1 Å². The number of para-hydroxylation sites is 1. The summed E-state index contributed by atoms with van der Waals surface area (Å²) in [4.78, 5) is 0. The SMILES string of the molecule is CCOc1ccccc1CN.NCc1ccc(OC(F)(F)F)cc1. The lowest BCUT2D eigenvalue weighted by Gasteiger charge is -2.08. The predicted molar refractivity (Wildman–Crippen MR) is 86.5 cm³/mol. The molecule has 0 aliphatic carbocycles. The minimum absolute atomic E-state index is 0.232. The number of ether oxygens (including phenoxy) is 2. The zero-order valence-electron chi connectivity index (χ0n) is 13.3. The van der Waals surface area contributed by atoms with Crippen molar-refractivity contribution in [3.63, 3.8) is 0 Å². The highest BCUT2D eigenvalue weighted by atomic mass is 19.4. The molecule has 0 unspecified atom stereocenters. The highest BCUT2D eigenvalue weighted by Crippen LogP contribution is 2.22. The molecule has 132 valence electrons. The Morgan fingerprint density at radius 3 is 2.04 bits per heavy atom. The van der Waals surface area contributed by atoms with Crippen LogP contribution >= 0.6 is 0 Å². The van der Waals surface area contributed by atoms with E-state index in [4.69, 9.17) is 16.2 Å². The third-order valence-electron chi connectivity index (χ3n) is 2.88. The highest BCUT2D eigenvalue weighted by molar-refractivity contribution is 5.32. The van der Waals surface area contributed by atoms with Crippen LogP contribution in [-0.4, -0.2) is 13.0 Å². The Balaban J connectivity index is 0.000000243. The quantitative estimate of drug-likeness (QED) is 0.871. The van der Waals surface area contributed by atoms with Gasteiger partial charge in [-0.1, -0.05) is 30.3 Å². The molecule has 0 amide bonds. The van der Waals surface area contributed by atoms with Gasteiger partial charge in [0.1, 0.15) is 11.5 Å². The molecular weight excluding hydrogens is 321 g/mol. The molecule has 2 aromatic rings. The predicted octanol–water partition coefficient (Wildman–Crippen LogP) is 3.59. The van der Waals surface area contributed by atoms with E-state index in [0.717, 1.165) is 16.9 Å². The zero-order valence-corrected chi connectivity index (χ0v) is 13.3. The molecule has 0 saturated carbocycles. The van der Waals surface area contributed by atoms with Crippen LogP contribution < -0.4 is 20.9 Å². The lowest BCUT2D eigenvalue weighted by molar-refractivity contribution is -0.274. The first-order valence-corrected chi connectivity index (χ1v) is 7.35. The number of benzene rings is 2. The largest absolute Gasteiger partial charge is 0.573 e. The number of nitrogens with two attached hydrogens (primary N) is 2. The van der Waals surface area contributed by atoms with E-state index in [1.807, 2.05) is 31.2 Å². The summed E-state index contributed by atoms with van der Waals surface area (Å²) in [5.41, 5.74) is 12.6. The monoisotopic (exact) mass is 342 g/mol. The molecule has 0 spiro atoms. The van der Waals surface area contributed by atoms with Crippen molar-refractivity contribution in [3.05, 3.63) is 59.7 Å². The van der Waals surface area contributed by atoms with Gasteiger partial charge in [0.05, 0.1) is 6.61 Å². The smallest absolute Gasteiger partial charge is 0.494 e. The van der Waals surface area contributed by atoms with E-state index >= 15 is 0 Å². The van der Waals surface area contributed by atoms with Crippen molar-refractivity contribution in [1.29, 1.82) is 0 Å². The van der Waals surface area contributed by atoms with Gasteiger partial charge in [0.2, 0.25) is 0 Å². The van der Waals surface area contributed by atoms with E-state index in [1.54, 1.807) is 0 Å². The van der Waals surface area contributed by atoms with Gasteiger partial charge in [0, 0.05) is 18.7 Å². The van der Waals surface area contributed by atoms with Gasteiger partial charge in [-0.3, -0.25) is 0 Å². The molecule has 0 saturated heterocycles. The molecule has 4 N–H and O–H groups in total. The second kappa shape index (κ2) is 9.79. The molecule has 2 aromatic carbocycles. The number of alkyl halides is 3. The van der Waals surface area contributed by atoms with Crippen molar-refractivity contribution in [3.8, 4) is 11.5 Å². The lowest BCUT2D eigenvalue weighted by Crippen LogP contribution is -2.17. The van der Waals surface area contributed by atoms with Crippen LogP contribution in [0, 0.1) is 0 Å². The van der Waals surface area contributed by atoms with E-state index in [9.17, 15) is 13.2 Å². The van der Waals surface area contributed by atoms with Crippen LogP contribution in [0.3, 0.4) is 0 Å². The standard InChI is InChI=1S/C9H13NO.C8H8F3NO/c1-2-11-9-6-4-3-5-8(9)7-10;9-8(10,11)13-7-3-1-6(5-12)2-4-7/h3-6H,2,7,10H2,1H3;1-4H,5,12H2. The fraction of sp³-hybridized carbons (Fsp3) is 0.294. The van der Waals surface area contributed by atoms with Crippen LogP contribution in [0.25, 0.3) is 0 Å². The van der Waals surface area contributed by atoms with Crippen molar-refractivity contribution in [2.24, 2.45) is 11.5 Å². The van der Waals surface area contributed by atoms with Gasteiger partial charge in [-0.15, -0.1) is 13.2 Å². The maximum Gasteiger partial charge on any atom is 0.573 e. The van der Waals surface area contributed by atoms with Gasteiger partial charge in [-0.2, -0.15) is 0 Å². The van der Waals surface area contributed by atoms with Crippen LogP contribution in [0.4, 0.5) is 13.2 Å². The molecule has 24 heavy (non-hydrogen) atoms. The van der Waals surface area contributed by atoms with Crippen LogP contribution in [0.15, 0.2) is 48.5 Å². The van der Waals surface area contributed by atoms with Crippen LogP contribution in [0.1, 0.15) is 18.1 Å². The number of halogens is 3. The molecule has 0 aliphatic rings. The highest BCUT2D eigenvalue weighted by Gasteiger charge is 2.30. The van der Waals surface area contributed by atoms with E-state index in [0.29, 0.717) is 19.7 Å². The molecule has 4 nitrogen and oxygen atoms in total. The minimum atomic E-state index is -4.63. The number of hydrogen-bond acceptors (Lipinski definition) is 4. The molecule has 0 bridgehead atoms. The third-order valence-corrected chi connectivity index (χ3v) is 2.88. The Labute approximate surface area is 139 Å². The first kappa shape index (κ1) is 19.8. The van der Waals surface area contributed by atoms with Gasteiger partial charge in [0.15, 0.2) is 0 Å². The summed E-state index contributed by atoms with van der Waals surface area (Å²) in [6, 6.07) is 13.3. The summed E-state index contributed by atoms with van der Waals surface area (Å²) in [6.45, 7) is 3.49. The molecule has 0 heterocycles. The first-order valence-electron chi connectivity index (χ1n) is 7.35. The van der Waals surface area contributed by atoms with Crippen molar-refractivity contribution < 1.29 is 22.6 Å². The van der Waals surface area contributed by atoms with Crippen molar-refractivity contribution in [2.45, 2.75) is 26.4 Å². The molecule has 0 fully saturated rings. The molecule has 0 aliphatic heterocycles. The molecule has 0 atom stereocenters. The minimum Gasteiger partial charge on any atom is -0.494 e. The molecular formula is C17H21F3N2O2. The Morgan fingerprint density at radius 1 is 0.917 bits per heavy atom. The summed E-state index contributed by atoms with van der Waals surface area (Å²) in [7, 11) is 0. The fourth-order valence-electron chi connectivity index (χ4n) is 1.80. The second-order valence-corrected chi connectivity index (χ2v) is 4.64. The summed E-state index contributed by atoms with van der Waals surface area (Å²) in [5, 5.41) is 0. The number of rotatable bonds is 5. The zero-order chi connectivity index (χ0) is 18.0. The average molecular weight is 342 g/mol. The summed E-state index contributed by atoms with van der Waals surface area (Å²) >= 11 is 0. The second-order valence-electron chi connectivity index (χ2n) is 4.64. The average Bonchev–Trinajstić information content (AvgIpc) is 2.55. The Kier molecular flexibility index (Phi) is 8.08. The first-order chi connectivity index (χ1) is 11.4. The van der Waals surface area contributed by atoms with Crippen molar-refractivity contribution in [2.75, 3.05) is 6.61 Å². The van der Waals surface area contributed by atoms with Crippen LogP contribution in [0.2, 0.25) is 0 Å². The maximum absolute atomic E-state index is 11.7. The summed E-state index contributed by atoms with van der Waals surface area (Å²) in [6.07, 6.45) is -4.63. The Bertz CT molecular complexity index is 602. The summed E-state index contributed by atoms with van der Waals surface area (Å²) < 4.78 is 44.0. The van der Waals surface area contributed by atoms with Crippen LogP contribution in [0.5, 0.6) is 11.5 Å².